The lowest BCUT2D eigenvalue weighted by Gasteiger charge is -2.36. The number of para-hydroxylation sites is 1. The van der Waals surface area contributed by atoms with Crippen LogP contribution in [0.25, 0.3) is 0 Å². The van der Waals surface area contributed by atoms with E-state index < -0.39 is 11.9 Å². The molecule has 0 aliphatic carbocycles. The van der Waals surface area contributed by atoms with Gasteiger partial charge in [0.05, 0.1) is 11.8 Å². The summed E-state index contributed by atoms with van der Waals surface area (Å²) in [6, 6.07) is 11.6. The van der Waals surface area contributed by atoms with Gasteiger partial charge in [-0.2, -0.15) is 15.2 Å². The highest BCUT2D eigenvalue weighted by Gasteiger charge is 2.27. The highest BCUT2D eigenvalue weighted by atomic mass is 32.2. The number of carbonyl (C=O) groups is 2. The van der Waals surface area contributed by atoms with Gasteiger partial charge in [0.15, 0.2) is 0 Å². The molecule has 0 bridgehead atoms. The van der Waals surface area contributed by atoms with E-state index in [1.54, 1.807) is 6.92 Å². The summed E-state index contributed by atoms with van der Waals surface area (Å²) in [7, 11) is 0. The van der Waals surface area contributed by atoms with Crippen molar-refractivity contribution in [1.29, 1.82) is 5.26 Å². The maximum atomic E-state index is 12.5. The van der Waals surface area contributed by atoms with Crippen LogP contribution >= 0.6 is 11.8 Å². The number of aliphatic imine (C=N–C) groups is 2. The number of anilines is 1. The van der Waals surface area contributed by atoms with Crippen LogP contribution in [0.15, 0.2) is 40.3 Å². The van der Waals surface area contributed by atoms with Crippen molar-refractivity contribution in [3.05, 3.63) is 30.3 Å². The third-order valence-electron chi connectivity index (χ3n) is 4.37. The molecule has 3 rings (SSSR count). The monoisotopic (exact) mass is 369 g/mol. The van der Waals surface area contributed by atoms with Crippen LogP contribution in [0.3, 0.4) is 0 Å². The van der Waals surface area contributed by atoms with Crippen LogP contribution in [-0.2, 0) is 4.79 Å². The molecule has 0 spiro atoms. The van der Waals surface area contributed by atoms with Crippen LogP contribution in [-0.4, -0.2) is 59.5 Å². The average molecular weight is 369 g/mol. The van der Waals surface area contributed by atoms with Gasteiger partial charge < -0.3 is 9.80 Å². The van der Waals surface area contributed by atoms with Crippen molar-refractivity contribution in [2.75, 3.05) is 36.8 Å². The van der Waals surface area contributed by atoms with Crippen LogP contribution in [0.2, 0.25) is 0 Å². The zero-order valence-electron chi connectivity index (χ0n) is 14.5. The number of piperazine rings is 1. The lowest BCUT2D eigenvalue weighted by Crippen LogP contribution is -2.49. The Balaban J connectivity index is 1.52. The van der Waals surface area contributed by atoms with E-state index >= 15 is 0 Å². The second-order valence-electron chi connectivity index (χ2n) is 6.04. The van der Waals surface area contributed by atoms with Crippen LogP contribution in [0.4, 0.5) is 10.5 Å². The first-order chi connectivity index (χ1) is 12.6. The fourth-order valence-electron chi connectivity index (χ4n) is 2.92. The highest BCUT2D eigenvalue weighted by Crippen LogP contribution is 2.21. The molecule has 2 heterocycles. The molecule has 2 aliphatic rings. The zero-order chi connectivity index (χ0) is 18.5. The Morgan fingerprint density at radius 2 is 1.92 bits per heavy atom. The van der Waals surface area contributed by atoms with Gasteiger partial charge >= 0.3 is 6.03 Å². The van der Waals surface area contributed by atoms with Crippen LogP contribution in [0.1, 0.15) is 6.92 Å². The summed E-state index contributed by atoms with van der Waals surface area (Å²) < 4.78 is 0. The van der Waals surface area contributed by atoms with Crippen LogP contribution in [0, 0.1) is 17.2 Å². The molecule has 1 saturated heterocycles. The average Bonchev–Trinajstić information content (AvgIpc) is 2.66. The third kappa shape index (κ3) is 4.11. The Labute approximate surface area is 156 Å². The molecule has 2 aliphatic heterocycles. The molecule has 26 heavy (non-hydrogen) atoms. The molecule has 3 amide bonds. The van der Waals surface area contributed by atoms with Gasteiger partial charge in [-0.05, 0) is 19.1 Å². The highest BCUT2D eigenvalue weighted by molar-refractivity contribution is 8.14. The smallest absolute Gasteiger partial charge is 0.367 e. The van der Waals surface area contributed by atoms with E-state index in [0.717, 1.165) is 30.5 Å². The van der Waals surface area contributed by atoms with E-state index in [9.17, 15) is 14.9 Å². The van der Waals surface area contributed by atoms with Crippen molar-refractivity contribution < 1.29 is 9.59 Å². The summed E-state index contributed by atoms with van der Waals surface area (Å²) in [6.45, 7) is 4.51. The summed E-state index contributed by atoms with van der Waals surface area (Å²) in [5.41, 5.74) is 1.59. The minimum absolute atomic E-state index is 0.00489. The van der Waals surface area contributed by atoms with Crippen molar-refractivity contribution >= 4 is 40.1 Å². The van der Waals surface area contributed by atoms with Gasteiger partial charge in [0.2, 0.25) is 5.91 Å². The third-order valence-corrected chi connectivity index (χ3v) is 5.38. The van der Waals surface area contributed by atoms with Crippen LogP contribution < -0.4 is 4.90 Å². The Hall–Kier alpha value is -2.66. The number of hydrogen-bond acceptors (Lipinski definition) is 5. The number of thioether (sulfide) groups is 1. The van der Waals surface area contributed by atoms with E-state index in [4.69, 9.17) is 0 Å². The molecule has 7 nitrogen and oxygen atoms in total. The largest absolute Gasteiger partial charge is 0.368 e. The van der Waals surface area contributed by atoms with E-state index in [0.29, 0.717) is 23.8 Å². The number of amides is 3. The molecule has 1 fully saturated rings. The first kappa shape index (κ1) is 18.1. The molecule has 8 heteroatoms. The van der Waals surface area contributed by atoms with Gasteiger partial charge in [0, 0.05) is 37.6 Å². The molecule has 134 valence electrons. The number of nitriles is 1. The van der Waals surface area contributed by atoms with E-state index in [2.05, 4.69) is 33.1 Å². The van der Waals surface area contributed by atoms with Gasteiger partial charge in [0.25, 0.3) is 0 Å². The van der Waals surface area contributed by atoms with Crippen LogP contribution in [0.5, 0.6) is 0 Å². The lowest BCUT2D eigenvalue weighted by atomic mass is 10.1. The minimum atomic E-state index is -0.638. The number of rotatable bonds is 3. The van der Waals surface area contributed by atoms with Gasteiger partial charge in [-0.1, -0.05) is 30.0 Å². The number of carbonyl (C=O) groups excluding carboxylic acids is 2. The quantitative estimate of drug-likeness (QED) is 0.815. The van der Waals surface area contributed by atoms with E-state index in [1.807, 2.05) is 23.1 Å². The fourth-order valence-corrected chi connectivity index (χ4v) is 3.91. The molecule has 0 radical (unpaired) electrons. The standard InChI is InChI=1S/C18H19N5O2S/c1-13-15(11-19)17(21-18(25)20-13)26-12-16(24)23-9-7-22(8-10-23)14-5-3-2-4-6-14/h2-6,15H,7-10,12H2,1H3. The Kier molecular flexibility index (Phi) is 5.68. The maximum absolute atomic E-state index is 12.5. The summed E-state index contributed by atoms with van der Waals surface area (Å²) in [6.07, 6.45) is 0. The summed E-state index contributed by atoms with van der Waals surface area (Å²) in [4.78, 5) is 35.5. The number of hydrogen-bond donors (Lipinski definition) is 0. The second kappa shape index (κ2) is 8.15. The first-order valence-corrected chi connectivity index (χ1v) is 9.35. The molecular weight excluding hydrogens is 350 g/mol. The van der Waals surface area contributed by atoms with E-state index in [-0.39, 0.29) is 11.7 Å². The Bertz CT molecular complexity index is 792. The summed E-state index contributed by atoms with van der Waals surface area (Å²) >= 11 is 1.16. The molecule has 1 atom stereocenters. The van der Waals surface area contributed by atoms with Gasteiger partial charge in [-0.15, -0.1) is 0 Å². The minimum Gasteiger partial charge on any atom is -0.368 e. The van der Waals surface area contributed by atoms with Crippen molar-refractivity contribution in [2.24, 2.45) is 15.9 Å². The Morgan fingerprint density at radius 1 is 1.23 bits per heavy atom. The summed E-state index contributed by atoms with van der Waals surface area (Å²) in [5.74, 6) is -0.474. The molecule has 1 unspecified atom stereocenters. The maximum Gasteiger partial charge on any atom is 0.367 e. The molecule has 1 aromatic rings. The number of urea groups is 1. The SMILES string of the molecule is CC1=NC(=O)N=C(SCC(=O)N2CCN(c3ccccc3)CC2)C1C#N. The lowest BCUT2D eigenvalue weighted by molar-refractivity contribution is -0.128. The predicted octanol–water partition coefficient (Wildman–Crippen LogP) is 2.20. The zero-order valence-corrected chi connectivity index (χ0v) is 15.3. The van der Waals surface area contributed by atoms with Crippen molar-refractivity contribution in [2.45, 2.75) is 6.92 Å². The molecule has 1 aromatic carbocycles. The van der Waals surface area contributed by atoms with Crippen molar-refractivity contribution in [1.82, 2.24) is 4.90 Å². The first-order valence-electron chi connectivity index (χ1n) is 8.36. The van der Waals surface area contributed by atoms with Gasteiger partial charge in [-0.3, -0.25) is 4.79 Å². The van der Waals surface area contributed by atoms with E-state index in [1.165, 1.54) is 0 Å². The van der Waals surface area contributed by atoms with Gasteiger partial charge in [-0.25, -0.2) is 4.79 Å². The molecule has 0 aromatic heterocycles. The number of nitrogens with zero attached hydrogens (tertiary/aromatic N) is 5. The topological polar surface area (TPSA) is 89.1 Å². The normalized spacial score (nSPS) is 20.3. The predicted molar refractivity (Wildman–Crippen MR) is 103 cm³/mol. The number of benzene rings is 1. The molecule has 0 saturated carbocycles. The molecule has 0 N–H and O–H groups in total. The van der Waals surface area contributed by atoms with Crippen molar-refractivity contribution in [3.8, 4) is 6.07 Å². The fraction of sp³-hybridized carbons (Fsp3) is 0.389. The molecular formula is C18H19N5O2S. The Morgan fingerprint density at radius 3 is 2.58 bits per heavy atom. The second-order valence-corrected chi connectivity index (χ2v) is 7.04. The van der Waals surface area contributed by atoms with Crippen molar-refractivity contribution in [3.63, 3.8) is 0 Å². The summed E-state index contributed by atoms with van der Waals surface area (Å²) in [5, 5.41) is 9.59. The van der Waals surface area contributed by atoms with Gasteiger partial charge in [0.1, 0.15) is 11.0 Å².